The van der Waals surface area contributed by atoms with Crippen molar-refractivity contribution in [2.24, 2.45) is 0 Å². The molecule has 17 heavy (non-hydrogen) atoms. The van der Waals surface area contributed by atoms with Crippen molar-refractivity contribution in [2.45, 2.75) is 10.5 Å². The Hall–Kier alpha value is -1.28. The van der Waals surface area contributed by atoms with E-state index in [9.17, 15) is 0 Å². The number of rotatable bonds is 2. The second-order valence-corrected chi connectivity index (χ2v) is 6.83. The molecule has 0 saturated carbocycles. The Kier molecular flexibility index (Phi) is 3.14. The first-order chi connectivity index (χ1) is 8.45. The Morgan fingerprint density at radius 1 is 0.588 bits per heavy atom. The minimum atomic E-state index is 0.207. The SMILES string of the molecule is c1ccc(C2=C(c3ccccc3)[CH2][Ge][CH2]2)cc1. The van der Waals surface area contributed by atoms with Gasteiger partial charge in [0.1, 0.15) is 0 Å². The zero-order valence-electron chi connectivity index (χ0n) is 9.69. The van der Waals surface area contributed by atoms with Crippen molar-refractivity contribution in [3.8, 4) is 0 Å². The van der Waals surface area contributed by atoms with Crippen molar-refractivity contribution >= 4 is 26.6 Å². The third kappa shape index (κ3) is 2.23. The third-order valence-corrected chi connectivity index (χ3v) is 5.74. The van der Waals surface area contributed by atoms with Crippen LogP contribution in [0.3, 0.4) is 0 Å². The first-order valence-corrected chi connectivity index (χ1v) is 8.95. The summed E-state index contributed by atoms with van der Waals surface area (Å²) in [7, 11) is 0. The van der Waals surface area contributed by atoms with Gasteiger partial charge in [0.05, 0.1) is 0 Å². The van der Waals surface area contributed by atoms with E-state index in [1.165, 1.54) is 21.6 Å². The van der Waals surface area contributed by atoms with Gasteiger partial charge in [-0.25, -0.2) is 0 Å². The topological polar surface area (TPSA) is 0 Å². The molecule has 1 heterocycles. The first kappa shape index (κ1) is 10.9. The Morgan fingerprint density at radius 3 is 1.41 bits per heavy atom. The van der Waals surface area contributed by atoms with Crippen LogP contribution in [-0.2, 0) is 0 Å². The van der Waals surface area contributed by atoms with Crippen LogP contribution in [-0.4, -0.2) is 15.4 Å². The number of benzene rings is 2. The van der Waals surface area contributed by atoms with Crippen molar-refractivity contribution in [3.63, 3.8) is 0 Å². The van der Waals surface area contributed by atoms with Crippen molar-refractivity contribution < 1.29 is 0 Å². The quantitative estimate of drug-likeness (QED) is 0.724. The molecule has 2 aromatic rings. The van der Waals surface area contributed by atoms with Gasteiger partial charge in [0.2, 0.25) is 0 Å². The molecule has 1 aliphatic rings. The summed E-state index contributed by atoms with van der Waals surface area (Å²) in [6.45, 7) is 0. The number of hydrogen-bond donors (Lipinski definition) is 0. The molecule has 2 radical (unpaired) electrons. The molecular weight excluding hydrogens is 265 g/mol. The summed E-state index contributed by atoms with van der Waals surface area (Å²) < 4.78 is 0. The van der Waals surface area contributed by atoms with Gasteiger partial charge in [-0.3, -0.25) is 0 Å². The number of hydrogen-bond acceptors (Lipinski definition) is 0. The molecule has 0 aliphatic carbocycles. The van der Waals surface area contributed by atoms with E-state index in [1.54, 1.807) is 11.1 Å². The van der Waals surface area contributed by atoms with Gasteiger partial charge < -0.3 is 0 Å². The van der Waals surface area contributed by atoms with Gasteiger partial charge in [0.15, 0.2) is 0 Å². The van der Waals surface area contributed by atoms with E-state index >= 15 is 0 Å². The van der Waals surface area contributed by atoms with E-state index in [1.807, 2.05) is 0 Å². The van der Waals surface area contributed by atoms with Crippen LogP contribution in [0, 0.1) is 0 Å². The van der Waals surface area contributed by atoms with Crippen molar-refractivity contribution in [1.82, 2.24) is 0 Å². The van der Waals surface area contributed by atoms with Crippen LogP contribution in [0.1, 0.15) is 11.1 Å². The maximum atomic E-state index is 2.25. The molecule has 1 heteroatoms. The molecule has 0 atom stereocenters. The second kappa shape index (κ2) is 4.93. The zero-order chi connectivity index (χ0) is 11.5. The molecule has 0 N–H and O–H groups in total. The molecule has 82 valence electrons. The van der Waals surface area contributed by atoms with E-state index in [-0.39, 0.29) is 15.4 Å². The Balaban J connectivity index is 2.08. The molecule has 2 aromatic carbocycles. The summed E-state index contributed by atoms with van der Waals surface area (Å²) in [5.74, 6) is 0. The molecule has 0 fully saturated rings. The number of allylic oxidation sites excluding steroid dienone is 2. The Labute approximate surface area is 109 Å². The fourth-order valence-electron chi connectivity index (χ4n) is 2.36. The average molecular weight is 279 g/mol. The van der Waals surface area contributed by atoms with Gasteiger partial charge in [0, 0.05) is 0 Å². The van der Waals surface area contributed by atoms with E-state index in [0.29, 0.717) is 0 Å². The molecule has 0 amide bonds. The molecule has 0 nitrogen and oxygen atoms in total. The maximum absolute atomic E-state index is 2.25. The standard InChI is InChI=1S/C16H14Ge/c1-3-7-13(8-4-1)15-11-17-12-16(15)14-9-5-2-6-10-14/h1-10H,11-12H2. The van der Waals surface area contributed by atoms with Crippen molar-refractivity contribution in [1.29, 1.82) is 0 Å². The van der Waals surface area contributed by atoms with Crippen LogP contribution in [0.4, 0.5) is 0 Å². The van der Waals surface area contributed by atoms with E-state index in [2.05, 4.69) is 60.7 Å². The molecular formula is C16H14Ge. The predicted octanol–water partition coefficient (Wildman–Crippen LogP) is 4.15. The summed E-state index contributed by atoms with van der Waals surface area (Å²) in [5.41, 5.74) is 6.04. The molecule has 0 bridgehead atoms. The van der Waals surface area contributed by atoms with E-state index < -0.39 is 0 Å². The molecule has 1 aliphatic heterocycles. The average Bonchev–Trinajstić information content (AvgIpc) is 2.90. The predicted molar refractivity (Wildman–Crippen MR) is 75.1 cm³/mol. The molecule has 0 saturated heterocycles. The third-order valence-electron chi connectivity index (χ3n) is 3.21. The minimum absolute atomic E-state index is 0.207. The van der Waals surface area contributed by atoms with Crippen molar-refractivity contribution in [2.75, 3.05) is 0 Å². The van der Waals surface area contributed by atoms with E-state index in [0.717, 1.165) is 0 Å². The monoisotopic (exact) mass is 280 g/mol. The van der Waals surface area contributed by atoms with Crippen LogP contribution in [0.15, 0.2) is 60.7 Å². The first-order valence-electron chi connectivity index (χ1n) is 5.99. The summed E-state index contributed by atoms with van der Waals surface area (Å²) in [4.78, 5) is 0. The Bertz CT molecular complexity index is 476. The van der Waals surface area contributed by atoms with Gasteiger partial charge in [-0.15, -0.1) is 0 Å². The Morgan fingerprint density at radius 2 is 1.00 bits per heavy atom. The van der Waals surface area contributed by atoms with Gasteiger partial charge in [-0.05, 0) is 0 Å². The zero-order valence-corrected chi connectivity index (χ0v) is 11.8. The normalized spacial score (nSPS) is 15.3. The second-order valence-electron chi connectivity index (χ2n) is 4.29. The fourth-order valence-corrected chi connectivity index (χ4v) is 5.42. The van der Waals surface area contributed by atoms with Gasteiger partial charge >= 0.3 is 109 Å². The van der Waals surface area contributed by atoms with Crippen LogP contribution >= 0.6 is 0 Å². The van der Waals surface area contributed by atoms with Gasteiger partial charge in [-0.2, -0.15) is 0 Å². The van der Waals surface area contributed by atoms with Crippen LogP contribution in [0.2, 0.25) is 10.5 Å². The summed E-state index contributed by atoms with van der Waals surface area (Å²) in [5, 5.41) is 2.68. The molecule has 3 rings (SSSR count). The van der Waals surface area contributed by atoms with Gasteiger partial charge in [0.25, 0.3) is 0 Å². The molecule has 0 unspecified atom stereocenters. The molecule has 0 aromatic heterocycles. The summed E-state index contributed by atoms with van der Waals surface area (Å²) in [6.07, 6.45) is 0. The van der Waals surface area contributed by atoms with E-state index in [4.69, 9.17) is 0 Å². The molecule has 0 spiro atoms. The van der Waals surface area contributed by atoms with Crippen molar-refractivity contribution in [3.05, 3.63) is 71.8 Å². The summed E-state index contributed by atoms with van der Waals surface area (Å²) >= 11 is 0.207. The summed E-state index contributed by atoms with van der Waals surface area (Å²) in [6, 6.07) is 21.7. The fraction of sp³-hybridized carbons (Fsp3) is 0.125. The van der Waals surface area contributed by atoms with Crippen LogP contribution < -0.4 is 0 Å². The van der Waals surface area contributed by atoms with Gasteiger partial charge in [-0.1, -0.05) is 0 Å². The van der Waals surface area contributed by atoms with Crippen LogP contribution in [0.25, 0.3) is 11.1 Å². The van der Waals surface area contributed by atoms with Crippen LogP contribution in [0.5, 0.6) is 0 Å².